The van der Waals surface area contributed by atoms with E-state index in [1.807, 2.05) is 78.8 Å². The van der Waals surface area contributed by atoms with Crippen LogP contribution >= 0.6 is 11.3 Å². The highest BCUT2D eigenvalue weighted by Gasteiger charge is 2.41. The Kier molecular flexibility index (Phi) is 16.1. The standard InChI is InChI=1S/C39H58N8O8S/c1-21(2)28-34(52)47-30(38(4,5)6)32(41-19-26(49)42-25(20-48)33(51)44-28)46-31(39(7,8)9)36(54)45-29(22(3)23-14-12-11-13-15-23)35(53)43-24(18-27(50)55-10)37-40-16-17-56-37/h11-17,21-22,24-25,28-31,48H,18-20H2,1-10H3,(H,41,46)(H,42,49)(H,43,53)(H,44,51)(H,45,54)(H,47,52)/t22-,24+,25-,28-,29?,30+,31+/m0/s1. The van der Waals surface area contributed by atoms with Crippen LogP contribution in [0.4, 0.5) is 0 Å². The Hall–Kier alpha value is -4.90. The molecule has 0 saturated carbocycles. The minimum atomic E-state index is -1.33. The van der Waals surface area contributed by atoms with Crippen molar-refractivity contribution in [2.75, 3.05) is 20.3 Å². The summed E-state index contributed by atoms with van der Waals surface area (Å²) in [6.45, 7) is 15.1. The first-order valence-corrected chi connectivity index (χ1v) is 19.5. The number of carbonyl (C=O) groups excluding carboxylic acids is 6. The highest BCUT2D eigenvalue weighted by atomic mass is 32.1. The molecule has 0 spiro atoms. The van der Waals surface area contributed by atoms with Gasteiger partial charge in [-0.3, -0.25) is 33.8 Å². The van der Waals surface area contributed by atoms with Gasteiger partial charge in [-0.25, -0.2) is 4.98 Å². The summed E-state index contributed by atoms with van der Waals surface area (Å²) in [5.74, 6) is -4.44. The van der Waals surface area contributed by atoms with Crippen LogP contribution in [0.5, 0.6) is 0 Å². The molecule has 1 aromatic heterocycles. The van der Waals surface area contributed by atoms with Gasteiger partial charge in [0.15, 0.2) is 0 Å². The summed E-state index contributed by atoms with van der Waals surface area (Å²) in [5, 5.41) is 29.3. The van der Waals surface area contributed by atoms with E-state index in [1.54, 1.807) is 25.4 Å². The summed E-state index contributed by atoms with van der Waals surface area (Å²) < 4.78 is 4.88. The summed E-state index contributed by atoms with van der Waals surface area (Å²) in [4.78, 5) is 90.2. The van der Waals surface area contributed by atoms with Crippen LogP contribution in [0.2, 0.25) is 0 Å². The number of nitrogens with one attached hydrogen (secondary N) is 6. The molecule has 17 heteroatoms. The molecule has 16 nitrogen and oxygen atoms in total. The summed E-state index contributed by atoms with van der Waals surface area (Å²) in [7, 11) is 1.25. The molecule has 7 atom stereocenters. The fourth-order valence-corrected chi connectivity index (χ4v) is 6.76. The number of thiazole rings is 1. The molecule has 1 aliphatic heterocycles. The first-order valence-electron chi connectivity index (χ1n) is 18.6. The van der Waals surface area contributed by atoms with Crippen LogP contribution in [0.1, 0.15) is 91.3 Å². The van der Waals surface area contributed by atoms with Gasteiger partial charge in [0.2, 0.25) is 29.5 Å². The minimum Gasteiger partial charge on any atom is -0.469 e. The summed E-state index contributed by atoms with van der Waals surface area (Å²) in [6, 6.07) is 2.86. The fraction of sp³-hybridized carbons (Fsp3) is 0.590. The number of amides is 5. The van der Waals surface area contributed by atoms with Crippen molar-refractivity contribution in [3.63, 3.8) is 0 Å². The number of nitrogens with zero attached hydrogens (tertiary/aromatic N) is 2. The van der Waals surface area contributed by atoms with E-state index in [4.69, 9.17) is 4.74 Å². The smallest absolute Gasteiger partial charge is 0.308 e. The van der Waals surface area contributed by atoms with E-state index in [9.17, 15) is 33.9 Å². The molecule has 0 bridgehead atoms. The lowest BCUT2D eigenvalue weighted by Gasteiger charge is -2.39. The van der Waals surface area contributed by atoms with E-state index >= 15 is 0 Å². The molecule has 0 saturated heterocycles. The number of ether oxygens (including phenoxy) is 1. The molecule has 3 rings (SSSR count). The Morgan fingerprint density at radius 3 is 2.14 bits per heavy atom. The number of benzene rings is 1. The van der Waals surface area contributed by atoms with Gasteiger partial charge in [0, 0.05) is 17.5 Å². The van der Waals surface area contributed by atoms with Crippen molar-refractivity contribution in [2.24, 2.45) is 21.7 Å². The van der Waals surface area contributed by atoms with Crippen molar-refractivity contribution in [3.05, 3.63) is 52.5 Å². The maximum atomic E-state index is 14.6. The topological polar surface area (TPSA) is 229 Å². The molecule has 56 heavy (non-hydrogen) atoms. The molecule has 1 aromatic carbocycles. The van der Waals surface area contributed by atoms with Crippen LogP contribution in [-0.2, 0) is 33.5 Å². The number of esters is 1. The average Bonchev–Trinajstić information content (AvgIpc) is 3.67. The number of hydrogen-bond acceptors (Lipinski definition) is 12. The molecule has 2 heterocycles. The number of carbonyl (C=O) groups is 6. The number of rotatable bonds is 12. The lowest BCUT2D eigenvalue weighted by molar-refractivity contribution is -0.141. The van der Waals surface area contributed by atoms with Gasteiger partial charge < -0.3 is 41.7 Å². The first-order chi connectivity index (χ1) is 26.2. The van der Waals surface area contributed by atoms with Crippen LogP contribution in [0.3, 0.4) is 0 Å². The van der Waals surface area contributed by atoms with E-state index in [0.717, 1.165) is 5.56 Å². The maximum absolute atomic E-state index is 14.6. The average molecular weight is 799 g/mol. The molecule has 0 radical (unpaired) electrons. The van der Waals surface area contributed by atoms with Crippen LogP contribution in [-0.4, -0.2) is 102 Å². The van der Waals surface area contributed by atoms with Gasteiger partial charge in [0.05, 0.1) is 32.2 Å². The first kappa shape index (κ1) is 45.5. The Bertz CT molecular complexity index is 1710. The zero-order valence-corrected chi connectivity index (χ0v) is 34.7. The lowest BCUT2D eigenvalue weighted by Crippen LogP contribution is -2.65. The highest BCUT2D eigenvalue weighted by molar-refractivity contribution is 7.09. The van der Waals surface area contributed by atoms with Gasteiger partial charge in [-0.15, -0.1) is 11.3 Å². The molecule has 0 fully saturated rings. The van der Waals surface area contributed by atoms with E-state index < -0.39 is 102 Å². The lowest BCUT2D eigenvalue weighted by atomic mass is 9.82. The van der Waals surface area contributed by atoms with Crippen LogP contribution < -0.4 is 31.9 Å². The molecule has 5 amide bonds. The van der Waals surface area contributed by atoms with Crippen molar-refractivity contribution in [1.82, 2.24) is 36.9 Å². The molecule has 1 aliphatic rings. The third-order valence-corrected chi connectivity index (χ3v) is 10.3. The number of aromatic nitrogens is 1. The molecule has 1 unspecified atom stereocenters. The maximum Gasteiger partial charge on any atom is 0.308 e. The molecule has 2 aromatic rings. The van der Waals surface area contributed by atoms with Crippen molar-refractivity contribution < 1.29 is 38.6 Å². The van der Waals surface area contributed by atoms with E-state index in [0.29, 0.717) is 5.01 Å². The molecule has 0 aliphatic carbocycles. The molecular formula is C39H58N8O8S. The highest BCUT2D eigenvalue weighted by Crippen LogP contribution is 2.27. The number of aliphatic hydroxyl groups is 1. The third-order valence-electron chi connectivity index (χ3n) is 9.39. The Labute approximate surface area is 332 Å². The number of aliphatic imine (C=N–C) groups is 1. The predicted octanol–water partition coefficient (Wildman–Crippen LogP) is 1.72. The summed E-state index contributed by atoms with van der Waals surface area (Å²) >= 11 is 1.26. The Morgan fingerprint density at radius 1 is 0.946 bits per heavy atom. The van der Waals surface area contributed by atoms with Crippen LogP contribution in [0, 0.1) is 16.7 Å². The predicted molar refractivity (Wildman–Crippen MR) is 212 cm³/mol. The molecule has 308 valence electrons. The van der Waals surface area contributed by atoms with Crippen molar-refractivity contribution in [3.8, 4) is 0 Å². The van der Waals surface area contributed by atoms with Gasteiger partial charge in [-0.05, 0) is 22.3 Å². The SMILES string of the molecule is COC(=O)C[C@@H](NC(=O)C(NC(=O)[C@@H](NC1=NCC(=O)N[C@@H](CO)C(=O)N[C@@H](C(C)C)C(=O)N[C@H]1C(C)(C)C)C(C)(C)C)[C@@H](C)c1ccccc1)c1nccs1. The van der Waals surface area contributed by atoms with Gasteiger partial charge in [-0.2, -0.15) is 0 Å². The normalized spacial score (nSPS) is 20.7. The quantitative estimate of drug-likeness (QED) is 0.154. The van der Waals surface area contributed by atoms with Gasteiger partial charge in [0.1, 0.15) is 41.6 Å². The Morgan fingerprint density at radius 2 is 1.61 bits per heavy atom. The zero-order chi connectivity index (χ0) is 42.0. The third kappa shape index (κ3) is 12.6. The van der Waals surface area contributed by atoms with E-state index in [-0.39, 0.29) is 18.2 Å². The van der Waals surface area contributed by atoms with Crippen molar-refractivity contribution in [2.45, 2.75) is 111 Å². The Balaban J connectivity index is 2.09. The number of amidine groups is 1. The fourth-order valence-electron chi connectivity index (χ4n) is 6.07. The van der Waals surface area contributed by atoms with Gasteiger partial charge in [-0.1, -0.05) is 92.6 Å². The van der Waals surface area contributed by atoms with Crippen molar-refractivity contribution in [1.29, 1.82) is 0 Å². The second kappa shape index (κ2) is 19.8. The second-order valence-corrected chi connectivity index (χ2v) is 17.3. The monoisotopic (exact) mass is 798 g/mol. The summed E-state index contributed by atoms with van der Waals surface area (Å²) in [6.07, 6.45) is 1.38. The number of aliphatic hydroxyl groups excluding tert-OH is 1. The minimum absolute atomic E-state index is 0.116. The van der Waals surface area contributed by atoms with Crippen molar-refractivity contribution >= 4 is 52.7 Å². The van der Waals surface area contributed by atoms with E-state index in [1.165, 1.54) is 18.4 Å². The zero-order valence-electron chi connectivity index (χ0n) is 33.9. The van der Waals surface area contributed by atoms with Crippen LogP contribution in [0.25, 0.3) is 0 Å². The summed E-state index contributed by atoms with van der Waals surface area (Å²) in [5.41, 5.74) is -0.813. The number of hydrogen-bond donors (Lipinski definition) is 7. The van der Waals surface area contributed by atoms with Gasteiger partial charge in [0.25, 0.3) is 0 Å². The second-order valence-electron chi connectivity index (χ2n) is 16.4. The molecular weight excluding hydrogens is 741 g/mol. The number of methoxy groups -OCH3 is 1. The van der Waals surface area contributed by atoms with Gasteiger partial charge >= 0.3 is 5.97 Å². The van der Waals surface area contributed by atoms with Crippen LogP contribution in [0.15, 0.2) is 46.9 Å². The van der Waals surface area contributed by atoms with E-state index in [2.05, 4.69) is 41.9 Å². The molecule has 7 N–H and O–H groups in total. The largest absolute Gasteiger partial charge is 0.469 e.